The highest BCUT2D eigenvalue weighted by molar-refractivity contribution is 5.32. The number of aromatic nitrogens is 1. The number of rotatable bonds is 4. The van der Waals surface area contributed by atoms with Crippen molar-refractivity contribution in [3.05, 3.63) is 69.1 Å². The van der Waals surface area contributed by atoms with Crippen LogP contribution in [-0.2, 0) is 6.54 Å². The standard InChI is InChI=1S/C17H22N2O/c1-12-7-8-15(14(3)10-12)16(18-4)11-19-9-5-6-13(2)17(19)20/h5-10,16,18H,11H2,1-4H3. The van der Waals surface area contributed by atoms with Gasteiger partial charge in [0.2, 0.25) is 0 Å². The molecule has 1 unspecified atom stereocenters. The van der Waals surface area contributed by atoms with E-state index in [1.54, 1.807) is 4.57 Å². The summed E-state index contributed by atoms with van der Waals surface area (Å²) in [5, 5.41) is 3.31. The van der Waals surface area contributed by atoms with Gasteiger partial charge in [0.25, 0.3) is 5.56 Å². The fourth-order valence-corrected chi connectivity index (χ4v) is 2.56. The summed E-state index contributed by atoms with van der Waals surface area (Å²) in [4.78, 5) is 12.1. The van der Waals surface area contributed by atoms with Crippen LogP contribution in [0.25, 0.3) is 0 Å². The second-order valence-corrected chi connectivity index (χ2v) is 5.35. The van der Waals surface area contributed by atoms with Crippen molar-refractivity contribution >= 4 is 0 Å². The Balaban J connectivity index is 2.34. The van der Waals surface area contributed by atoms with E-state index in [2.05, 4.69) is 37.4 Å². The molecular formula is C17H22N2O. The topological polar surface area (TPSA) is 34.0 Å². The van der Waals surface area contributed by atoms with E-state index >= 15 is 0 Å². The minimum absolute atomic E-state index is 0.0810. The van der Waals surface area contributed by atoms with Crippen LogP contribution in [0.15, 0.2) is 41.3 Å². The maximum Gasteiger partial charge on any atom is 0.253 e. The molecule has 0 aliphatic heterocycles. The molecule has 1 heterocycles. The SMILES string of the molecule is CNC(Cn1cccc(C)c1=O)c1ccc(C)cc1C. The molecule has 0 amide bonds. The molecule has 0 spiro atoms. The third-order valence-electron chi connectivity index (χ3n) is 3.74. The van der Waals surface area contributed by atoms with Gasteiger partial charge in [0.15, 0.2) is 0 Å². The van der Waals surface area contributed by atoms with Gasteiger partial charge >= 0.3 is 0 Å². The summed E-state index contributed by atoms with van der Waals surface area (Å²) in [7, 11) is 1.94. The Morgan fingerprint density at radius 1 is 1.15 bits per heavy atom. The van der Waals surface area contributed by atoms with Crippen LogP contribution in [0.3, 0.4) is 0 Å². The molecule has 0 aliphatic rings. The first-order chi connectivity index (χ1) is 9.52. The van der Waals surface area contributed by atoms with Gasteiger partial charge in [-0.15, -0.1) is 0 Å². The van der Waals surface area contributed by atoms with E-state index in [-0.39, 0.29) is 11.6 Å². The van der Waals surface area contributed by atoms with Crippen molar-refractivity contribution in [1.29, 1.82) is 0 Å². The number of benzene rings is 1. The summed E-state index contributed by atoms with van der Waals surface area (Å²) in [5.41, 5.74) is 4.62. The monoisotopic (exact) mass is 270 g/mol. The molecule has 0 bridgehead atoms. The minimum Gasteiger partial charge on any atom is -0.313 e. The Labute approximate surface area is 120 Å². The van der Waals surface area contributed by atoms with E-state index in [1.165, 1.54) is 16.7 Å². The molecular weight excluding hydrogens is 248 g/mol. The third-order valence-corrected chi connectivity index (χ3v) is 3.74. The Morgan fingerprint density at radius 3 is 2.55 bits per heavy atom. The molecule has 0 aliphatic carbocycles. The maximum absolute atomic E-state index is 12.1. The van der Waals surface area contributed by atoms with E-state index in [1.807, 2.05) is 32.3 Å². The molecule has 0 radical (unpaired) electrons. The number of nitrogens with one attached hydrogen (secondary N) is 1. The quantitative estimate of drug-likeness (QED) is 0.927. The fraction of sp³-hybridized carbons (Fsp3) is 0.353. The Morgan fingerprint density at radius 2 is 1.90 bits per heavy atom. The number of likely N-dealkylation sites (N-methyl/N-ethyl adjacent to an activating group) is 1. The van der Waals surface area contributed by atoms with Crippen molar-refractivity contribution in [3.63, 3.8) is 0 Å². The van der Waals surface area contributed by atoms with E-state index < -0.39 is 0 Å². The Kier molecular flexibility index (Phi) is 4.40. The average Bonchev–Trinajstić information content (AvgIpc) is 2.41. The van der Waals surface area contributed by atoms with E-state index in [9.17, 15) is 4.79 Å². The smallest absolute Gasteiger partial charge is 0.253 e. The zero-order valence-electron chi connectivity index (χ0n) is 12.6. The van der Waals surface area contributed by atoms with Crippen LogP contribution in [0.4, 0.5) is 0 Å². The van der Waals surface area contributed by atoms with Gasteiger partial charge in [-0.3, -0.25) is 4.79 Å². The van der Waals surface area contributed by atoms with Gasteiger partial charge in [-0.05, 0) is 45.0 Å². The maximum atomic E-state index is 12.1. The van der Waals surface area contributed by atoms with Crippen molar-refractivity contribution in [2.75, 3.05) is 7.05 Å². The summed E-state index contributed by atoms with van der Waals surface area (Å²) < 4.78 is 1.77. The number of pyridine rings is 1. The molecule has 2 aromatic rings. The van der Waals surface area contributed by atoms with Crippen molar-refractivity contribution < 1.29 is 0 Å². The first kappa shape index (κ1) is 14.5. The lowest BCUT2D eigenvalue weighted by atomic mass is 9.99. The summed E-state index contributed by atoms with van der Waals surface area (Å²) in [6, 6.07) is 10.3. The predicted octanol–water partition coefficient (Wildman–Crippen LogP) is 2.73. The molecule has 1 aromatic carbocycles. The second kappa shape index (κ2) is 6.06. The molecule has 0 fully saturated rings. The molecule has 3 heteroatoms. The van der Waals surface area contributed by atoms with Gasteiger partial charge in [0, 0.05) is 18.3 Å². The first-order valence-electron chi connectivity index (χ1n) is 6.93. The van der Waals surface area contributed by atoms with E-state index in [0.29, 0.717) is 6.54 Å². The summed E-state index contributed by atoms with van der Waals surface area (Å²) in [6.07, 6.45) is 1.85. The molecule has 0 saturated carbocycles. The zero-order chi connectivity index (χ0) is 14.7. The van der Waals surface area contributed by atoms with Gasteiger partial charge < -0.3 is 9.88 Å². The van der Waals surface area contributed by atoms with Crippen LogP contribution >= 0.6 is 0 Å². The second-order valence-electron chi connectivity index (χ2n) is 5.35. The van der Waals surface area contributed by atoms with Crippen LogP contribution in [-0.4, -0.2) is 11.6 Å². The molecule has 20 heavy (non-hydrogen) atoms. The van der Waals surface area contributed by atoms with Crippen molar-refractivity contribution in [2.45, 2.75) is 33.4 Å². The number of aryl methyl sites for hydroxylation is 3. The van der Waals surface area contributed by atoms with Crippen molar-refractivity contribution in [2.24, 2.45) is 0 Å². The van der Waals surface area contributed by atoms with Crippen molar-refractivity contribution in [1.82, 2.24) is 9.88 Å². The average molecular weight is 270 g/mol. The molecule has 3 nitrogen and oxygen atoms in total. The van der Waals surface area contributed by atoms with Gasteiger partial charge in [0.1, 0.15) is 0 Å². The highest BCUT2D eigenvalue weighted by Gasteiger charge is 2.13. The molecule has 1 atom stereocenters. The first-order valence-corrected chi connectivity index (χ1v) is 6.93. The van der Waals surface area contributed by atoms with Gasteiger partial charge in [-0.1, -0.05) is 29.8 Å². The minimum atomic E-state index is 0.0810. The van der Waals surface area contributed by atoms with Crippen LogP contribution in [0.5, 0.6) is 0 Å². The predicted molar refractivity (Wildman–Crippen MR) is 83.2 cm³/mol. The number of nitrogens with zero attached hydrogens (tertiary/aromatic N) is 1. The van der Waals surface area contributed by atoms with Crippen LogP contribution in [0, 0.1) is 20.8 Å². The van der Waals surface area contributed by atoms with Gasteiger partial charge in [-0.25, -0.2) is 0 Å². The fourth-order valence-electron chi connectivity index (χ4n) is 2.56. The molecule has 2 rings (SSSR count). The summed E-state index contributed by atoms with van der Waals surface area (Å²) in [5.74, 6) is 0. The Hall–Kier alpha value is -1.87. The zero-order valence-corrected chi connectivity index (χ0v) is 12.6. The largest absolute Gasteiger partial charge is 0.313 e. The Bertz CT molecular complexity index is 658. The molecule has 0 saturated heterocycles. The van der Waals surface area contributed by atoms with Crippen LogP contribution in [0.2, 0.25) is 0 Å². The molecule has 1 aromatic heterocycles. The number of hydrogen-bond acceptors (Lipinski definition) is 2. The third kappa shape index (κ3) is 2.99. The highest BCUT2D eigenvalue weighted by Crippen LogP contribution is 2.20. The van der Waals surface area contributed by atoms with Gasteiger partial charge in [-0.2, -0.15) is 0 Å². The van der Waals surface area contributed by atoms with E-state index in [0.717, 1.165) is 5.56 Å². The summed E-state index contributed by atoms with van der Waals surface area (Å²) in [6.45, 7) is 6.70. The van der Waals surface area contributed by atoms with Gasteiger partial charge in [0.05, 0.1) is 6.04 Å². The molecule has 106 valence electrons. The molecule has 1 N–H and O–H groups in total. The summed E-state index contributed by atoms with van der Waals surface area (Å²) >= 11 is 0. The number of hydrogen-bond donors (Lipinski definition) is 1. The van der Waals surface area contributed by atoms with Crippen LogP contribution in [0.1, 0.15) is 28.3 Å². The highest BCUT2D eigenvalue weighted by atomic mass is 16.1. The van der Waals surface area contributed by atoms with Crippen molar-refractivity contribution in [3.8, 4) is 0 Å². The normalized spacial score (nSPS) is 12.4. The van der Waals surface area contributed by atoms with Crippen LogP contribution < -0.4 is 10.9 Å². The lowest BCUT2D eigenvalue weighted by Gasteiger charge is -2.20. The lowest BCUT2D eigenvalue weighted by Crippen LogP contribution is -2.29. The van der Waals surface area contributed by atoms with E-state index in [4.69, 9.17) is 0 Å². The lowest BCUT2D eigenvalue weighted by molar-refractivity contribution is 0.488.